The molecule has 1 amide bonds. The smallest absolute Gasteiger partial charge is 0.254 e. The van der Waals surface area contributed by atoms with Crippen LogP contribution in [0.25, 0.3) is 0 Å². The molecule has 0 radical (unpaired) electrons. The van der Waals surface area contributed by atoms with Crippen molar-refractivity contribution < 1.29 is 13.2 Å². The molecule has 2 aliphatic heterocycles. The van der Waals surface area contributed by atoms with Crippen LogP contribution < -0.4 is 0 Å². The first-order valence-electron chi connectivity index (χ1n) is 9.72. The van der Waals surface area contributed by atoms with E-state index in [1.165, 1.54) is 0 Å². The molecule has 1 unspecified atom stereocenters. The van der Waals surface area contributed by atoms with Crippen LogP contribution in [0.5, 0.6) is 0 Å². The van der Waals surface area contributed by atoms with E-state index in [9.17, 15) is 13.2 Å². The van der Waals surface area contributed by atoms with Gasteiger partial charge in [0.15, 0.2) is 0 Å². The fourth-order valence-corrected chi connectivity index (χ4v) is 5.66. The normalized spacial score (nSPS) is 23.2. The second-order valence-electron chi connectivity index (χ2n) is 7.91. The van der Waals surface area contributed by atoms with Crippen molar-refractivity contribution >= 4 is 15.9 Å². The van der Waals surface area contributed by atoms with Crippen molar-refractivity contribution in [1.82, 2.24) is 9.21 Å². The highest BCUT2D eigenvalue weighted by molar-refractivity contribution is 7.89. The van der Waals surface area contributed by atoms with Crippen molar-refractivity contribution in [2.45, 2.75) is 63.8 Å². The molecule has 1 aromatic rings. The average Bonchev–Trinajstić information content (AvgIpc) is 2.62. The standard InChI is InChI=1S/C20H30N2O3S/c1-15-9-12-21(13-10-15)20(23)19-14-18(8-7-16(19)2)26(24,25)22-11-5-4-6-17(22)3/h7-8,14-15,17H,4-6,9-13H2,1-3H3. The molecule has 26 heavy (non-hydrogen) atoms. The molecule has 2 aliphatic rings. The summed E-state index contributed by atoms with van der Waals surface area (Å²) in [5.41, 5.74) is 1.35. The summed E-state index contributed by atoms with van der Waals surface area (Å²) in [5, 5.41) is 0. The summed E-state index contributed by atoms with van der Waals surface area (Å²) in [6.45, 7) is 8.11. The van der Waals surface area contributed by atoms with Crippen LogP contribution in [0.1, 0.15) is 61.9 Å². The maximum atomic E-state index is 13.1. The SMILES string of the molecule is Cc1ccc(S(=O)(=O)N2CCCCC2C)cc1C(=O)N1CCC(C)CC1. The molecule has 0 saturated carbocycles. The molecule has 2 heterocycles. The molecular weight excluding hydrogens is 348 g/mol. The van der Waals surface area contributed by atoms with Crippen molar-refractivity contribution in [3.8, 4) is 0 Å². The number of carbonyl (C=O) groups excluding carboxylic acids is 1. The number of carbonyl (C=O) groups is 1. The van der Waals surface area contributed by atoms with Crippen LogP contribution in [0, 0.1) is 12.8 Å². The van der Waals surface area contributed by atoms with E-state index in [1.807, 2.05) is 18.7 Å². The fraction of sp³-hybridized carbons (Fsp3) is 0.650. The van der Waals surface area contributed by atoms with Gasteiger partial charge < -0.3 is 4.90 Å². The highest BCUT2D eigenvalue weighted by atomic mass is 32.2. The molecular formula is C20H30N2O3S. The van der Waals surface area contributed by atoms with Gasteiger partial charge in [0.2, 0.25) is 10.0 Å². The Hall–Kier alpha value is -1.40. The zero-order chi connectivity index (χ0) is 18.9. The van der Waals surface area contributed by atoms with E-state index < -0.39 is 10.0 Å². The minimum absolute atomic E-state index is 0.0118. The third kappa shape index (κ3) is 3.81. The molecule has 0 aliphatic carbocycles. The lowest BCUT2D eigenvalue weighted by molar-refractivity contribution is 0.0696. The van der Waals surface area contributed by atoms with Gasteiger partial charge in [-0.3, -0.25) is 4.79 Å². The van der Waals surface area contributed by atoms with Gasteiger partial charge >= 0.3 is 0 Å². The maximum Gasteiger partial charge on any atom is 0.254 e. The molecule has 6 heteroatoms. The summed E-state index contributed by atoms with van der Waals surface area (Å²) >= 11 is 0. The van der Waals surface area contributed by atoms with Crippen LogP contribution in [0.2, 0.25) is 0 Å². The van der Waals surface area contributed by atoms with Gasteiger partial charge in [-0.15, -0.1) is 0 Å². The summed E-state index contributed by atoms with van der Waals surface area (Å²) in [5.74, 6) is 0.602. The highest BCUT2D eigenvalue weighted by Gasteiger charge is 2.32. The Morgan fingerprint density at radius 2 is 1.73 bits per heavy atom. The van der Waals surface area contributed by atoms with E-state index in [0.29, 0.717) is 18.0 Å². The van der Waals surface area contributed by atoms with E-state index in [0.717, 1.165) is 50.8 Å². The van der Waals surface area contributed by atoms with Gasteiger partial charge in [0, 0.05) is 31.2 Å². The number of aryl methyl sites for hydroxylation is 1. The van der Waals surface area contributed by atoms with E-state index in [2.05, 4.69) is 6.92 Å². The van der Waals surface area contributed by atoms with Crippen molar-refractivity contribution in [1.29, 1.82) is 0 Å². The van der Waals surface area contributed by atoms with Crippen LogP contribution in [0.3, 0.4) is 0 Å². The Morgan fingerprint density at radius 1 is 1.04 bits per heavy atom. The van der Waals surface area contributed by atoms with Crippen LogP contribution in [0.4, 0.5) is 0 Å². The number of rotatable bonds is 3. The van der Waals surface area contributed by atoms with Gasteiger partial charge in [0.05, 0.1) is 4.90 Å². The van der Waals surface area contributed by atoms with Crippen molar-refractivity contribution in [3.63, 3.8) is 0 Å². The van der Waals surface area contributed by atoms with Crippen LogP contribution >= 0.6 is 0 Å². The largest absolute Gasteiger partial charge is 0.339 e. The molecule has 0 bridgehead atoms. The third-order valence-corrected chi connectivity index (χ3v) is 7.87. The Bertz CT molecular complexity index is 767. The third-order valence-electron chi connectivity index (χ3n) is 5.86. The Morgan fingerprint density at radius 3 is 2.38 bits per heavy atom. The van der Waals surface area contributed by atoms with Gasteiger partial charge in [0.25, 0.3) is 5.91 Å². The Labute approximate surface area is 157 Å². The number of nitrogens with zero attached hydrogens (tertiary/aromatic N) is 2. The predicted molar refractivity (Wildman–Crippen MR) is 103 cm³/mol. The first-order chi connectivity index (χ1) is 12.3. The zero-order valence-electron chi connectivity index (χ0n) is 16.1. The summed E-state index contributed by atoms with van der Waals surface area (Å²) in [4.78, 5) is 15.1. The summed E-state index contributed by atoms with van der Waals surface area (Å²) < 4.78 is 27.8. The predicted octanol–water partition coefficient (Wildman–Crippen LogP) is 3.43. The van der Waals surface area contributed by atoms with Gasteiger partial charge in [-0.1, -0.05) is 19.4 Å². The van der Waals surface area contributed by atoms with Crippen LogP contribution in [0.15, 0.2) is 23.1 Å². The molecule has 0 N–H and O–H groups in total. The lowest BCUT2D eigenvalue weighted by Gasteiger charge is -2.33. The van der Waals surface area contributed by atoms with Gasteiger partial charge in [-0.2, -0.15) is 4.31 Å². The molecule has 0 aromatic heterocycles. The van der Waals surface area contributed by atoms with E-state index >= 15 is 0 Å². The number of likely N-dealkylation sites (tertiary alicyclic amines) is 1. The molecule has 5 nitrogen and oxygen atoms in total. The van der Waals surface area contributed by atoms with E-state index in [1.54, 1.807) is 22.5 Å². The number of piperidine rings is 2. The minimum atomic E-state index is -3.56. The van der Waals surface area contributed by atoms with E-state index in [4.69, 9.17) is 0 Å². The number of sulfonamides is 1. The van der Waals surface area contributed by atoms with Gasteiger partial charge in [-0.05, 0) is 63.1 Å². The summed E-state index contributed by atoms with van der Waals surface area (Å²) in [7, 11) is -3.56. The van der Waals surface area contributed by atoms with Crippen LogP contribution in [-0.2, 0) is 10.0 Å². The first kappa shape index (κ1) is 19.4. The maximum absolute atomic E-state index is 13.1. The lowest BCUT2D eigenvalue weighted by atomic mass is 9.98. The average molecular weight is 379 g/mol. The quantitative estimate of drug-likeness (QED) is 0.810. The monoisotopic (exact) mass is 378 g/mol. The first-order valence-corrected chi connectivity index (χ1v) is 11.2. The van der Waals surface area contributed by atoms with Crippen molar-refractivity contribution in [2.75, 3.05) is 19.6 Å². The second kappa shape index (κ2) is 7.69. The fourth-order valence-electron chi connectivity index (χ4n) is 3.94. The summed E-state index contributed by atoms with van der Waals surface area (Å²) in [6, 6.07) is 5.01. The van der Waals surface area contributed by atoms with Crippen molar-refractivity contribution in [2.24, 2.45) is 5.92 Å². The van der Waals surface area contributed by atoms with E-state index in [-0.39, 0.29) is 16.8 Å². The lowest BCUT2D eigenvalue weighted by Crippen LogP contribution is -2.42. The van der Waals surface area contributed by atoms with Crippen LogP contribution in [-0.4, -0.2) is 49.2 Å². The molecule has 144 valence electrons. The van der Waals surface area contributed by atoms with Crippen molar-refractivity contribution in [3.05, 3.63) is 29.3 Å². The molecule has 3 rings (SSSR count). The topological polar surface area (TPSA) is 57.7 Å². The second-order valence-corrected chi connectivity index (χ2v) is 9.80. The molecule has 1 aromatic carbocycles. The number of hydrogen-bond acceptors (Lipinski definition) is 3. The highest BCUT2D eigenvalue weighted by Crippen LogP contribution is 2.27. The Balaban J connectivity index is 1.88. The minimum Gasteiger partial charge on any atom is -0.339 e. The molecule has 2 saturated heterocycles. The zero-order valence-corrected chi connectivity index (χ0v) is 16.9. The Kier molecular flexibility index (Phi) is 5.72. The number of benzene rings is 1. The molecule has 2 fully saturated rings. The van der Waals surface area contributed by atoms with Gasteiger partial charge in [-0.25, -0.2) is 8.42 Å². The van der Waals surface area contributed by atoms with Gasteiger partial charge in [0.1, 0.15) is 0 Å². The molecule has 0 spiro atoms. The molecule has 1 atom stereocenters. The number of amides is 1. The summed E-state index contributed by atoms with van der Waals surface area (Å²) in [6.07, 6.45) is 4.87. The number of hydrogen-bond donors (Lipinski definition) is 0.